The van der Waals surface area contributed by atoms with Gasteiger partial charge in [-0.3, -0.25) is 4.79 Å². The summed E-state index contributed by atoms with van der Waals surface area (Å²) in [7, 11) is 0. The van der Waals surface area contributed by atoms with Gasteiger partial charge in [0.05, 0.1) is 28.6 Å². The molecule has 0 bridgehead atoms. The van der Waals surface area contributed by atoms with E-state index in [-0.39, 0.29) is 33.1 Å². The lowest BCUT2D eigenvalue weighted by Gasteiger charge is -2.14. The number of rotatable bonds is 2. The number of nitrogens with zero attached hydrogens (tertiary/aromatic N) is 2. The van der Waals surface area contributed by atoms with E-state index < -0.39 is 107 Å². The van der Waals surface area contributed by atoms with Crippen LogP contribution < -0.4 is 0 Å². The average molecular weight is 600 g/mol. The van der Waals surface area contributed by atoms with Gasteiger partial charge in [-0.2, -0.15) is 0 Å². The van der Waals surface area contributed by atoms with Crippen molar-refractivity contribution in [2.75, 3.05) is 0 Å². The predicted octanol–water partition coefficient (Wildman–Crippen LogP) is 8.28. The second kappa shape index (κ2) is 9.32. The first-order valence-electron chi connectivity index (χ1n) is 10.2. The van der Waals surface area contributed by atoms with Gasteiger partial charge in [-0.05, 0) is 17.7 Å². The SMILES string of the molecule is [C-]#[N+]/C(C#N)=C1/c2cc(-c3c(F)c(F)c(F)c(F)c3F)sc2C(=O)c2cc(-c3c(F)c(F)c(F)c(F)c3F)sc21. The Balaban J connectivity index is 1.80. The topological polar surface area (TPSA) is 45.2 Å². The van der Waals surface area contributed by atoms with Gasteiger partial charge in [-0.25, -0.2) is 54.0 Å². The van der Waals surface area contributed by atoms with Crippen molar-refractivity contribution < 1.29 is 48.7 Å². The minimum Gasteiger partial charge on any atom is -0.288 e. The van der Waals surface area contributed by atoms with Crippen molar-refractivity contribution in [3.8, 4) is 27.0 Å². The Morgan fingerprint density at radius 3 is 1.43 bits per heavy atom. The monoisotopic (exact) mass is 600 g/mol. The van der Waals surface area contributed by atoms with Crippen LogP contribution in [-0.2, 0) is 0 Å². The fourth-order valence-corrected chi connectivity index (χ4v) is 6.40. The molecular formula is C25H2F10N2OS2. The zero-order chi connectivity index (χ0) is 29.4. The number of carbonyl (C=O) groups excluding carboxylic acids is 1. The maximum absolute atomic E-state index is 14.5. The van der Waals surface area contributed by atoms with Gasteiger partial charge in [0, 0.05) is 25.8 Å². The van der Waals surface area contributed by atoms with Crippen LogP contribution in [-0.4, -0.2) is 5.78 Å². The van der Waals surface area contributed by atoms with Crippen molar-refractivity contribution >= 4 is 34.0 Å². The van der Waals surface area contributed by atoms with Crippen molar-refractivity contribution in [3.63, 3.8) is 0 Å². The summed E-state index contributed by atoms with van der Waals surface area (Å²) in [5, 5.41) is 9.51. The number of halogens is 10. The first kappa shape index (κ1) is 27.1. The largest absolute Gasteiger partial charge is 0.288 e. The fraction of sp³-hybridized carbons (Fsp3) is 0. The molecule has 0 aliphatic heterocycles. The van der Waals surface area contributed by atoms with Crippen LogP contribution in [0.1, 0.15) is 25.7 Å². The fourth-order valence-electron chi connectivity index (χ4n) is 4.00. The molecule has 0 unspecified atom stereocenters. The zero-order valence-electron chi connectivity index (χ0n) is 18.6. The molecule has 0 fully saturated rings. The highest BCUT2D eigenvalue weighted by Gasteiger charge is 2.37. The minimum atomic E-state index is -2.43. The van der Waals surface area contributed by atoms with Gasteiger partial charge in [-0.15, -0.1) is 22.7 Å². The number of thiophene rings is 2. The van der Waals surface area contributed by atoms with Crippen LogP contribution in [0.15, 0.2) is 17.8 Å². The molecule has 0 N–H and O–H groups in total. The molecule has 200 valence electrons. The molecular weight excluding hydrogens is 598 g/mol. The maximum Gasteiger partial charge on any atom is 0.271 e. The predicted molar refractivity (Wildman–Crippen MR) is 121 cm³/mol. The Kier molecular flexibility index (Phi) is 6.32. The first-order chi connectivity index (χ1) is 18.8. The quantitative estimate of drug-likeness (QED) is 0.0673. The molecule has 2 aromatic heterocycles. The van der Waals surface area contributed by atoms with Gasteiger partial charge in [0.1, 0.15) is 0 Å². The molecule has 40 heavy (non-hydrogen) atoms. The molecule has 3 nitrogen and oxygen atoms in total. The Morgan fingerprint density at radius 1 is 0.650 bits per heavy atom. The Labute approximate surface area is 223 Å². The second-order valence-electron chi connectivity index (χ2n) is 7.87. The van der Waals surface area contributed by atoms with Gasteiger partial charge in [0.15, 0.2) is 46.5 Å². The van der Waals surface area contributed by atoms with E-state index in [2.05, 4.69) is 4.85 Å². The summed E-state index contributed by atoms with van der Waals surface area (Å²) in [6.45, 7) is 7.31. The van der Waals surface area contributed by atoms with Gasteiger partial charge in [-0.1, -0.05) is 0 Å². The van der Waals surface area contributed by atoms with Crippen LogP contribution in [0.3, 0.4) is 0 Å². The third-order valence-corrected chi connectivity index (χ3v) is 8.10. The highest BCUT2D eigenvalue weighted by molar-refractivity contribution is 7.19. The number of allylic oxidation sites excluding steroid dienone is 1. The van der Waals surface area contributed by atoms with Crippen molar-refractivity contribution in [2.45, 2.75) is 0 Å². The highest BCUT2D eigenvalue weighted by atomic mass is 32.1. The number of fused-ring (bicyclic) bond motifs is 2. The smallest absolute Gasteiger partial charge is 0.271 e. The molecule has 1 aliphatic rings. The number of nitriles is 1. The van der Waals surface area contributed by atoms with E-state index in [4.69, 9.17) is 6.57 Å². The van der Waals surface area contributed by atoms with Gasteiger partial charge in [0.25, 0.3) is 5.70 Å². The summed E-state index contributed by atoms with van der Waals surface area (Å²) in [5.41, 5.74) is -4.81. The summed E-state index contributed by atoms with van der Waals surface area (Å²) in [4.78, 5) is 14.2. The van der Waals surface area contributed by atoms with Gasteiger partial charge >= 0.3 is 0 Å². The molecule has 0 radical (unpaired) electrons. The highest BCUT2D eigenvalue weighted by Crippen LogP contribution is 2.50. The van der Waals surface area contributed by atoms with Crippen molar-refractivity contribution in [1.29, 1.82) is 5.26 Å². The molecule has 2 aromatic carbocycles. The van der Waals surface area contributed by atoms with Crippen molar-refractivity contribution in [1.82, 2.24) is 0 Å². The van der Waals surface area contributed by atoms with Gasteiger partial charge in [0.2, 0.25) is 17.4 Å². The Hall–Kier alpha value is -4.47. The first-order valence-corrected chi connectivity index (χ1v) is 11.9. The van der Waals surface area contributed by atoms with Gasteiger partial charge < -0.3 is 0 Å². The van der Waals surface area contributed by atoms with Crippen molar-refractivity contribution in [2.24, 2.45) is 0 Å². The third kappa shape index (κ3) is 3.58. The average Bonchev–Trinajstić information content (AvgIpc) is 3.57. The van der Waals surface area contributed by atoms with Crippen molar-refractivity contribution in [3.05, 3.63) is 108 Å². The second-order valence-corrected chi connectivity index (χ2v) is 9.98. The van der Waals surface area contributed by atoms with Crippen LogP contribution in [0.25, 0.3) is 31.3 Å². The summed E-state index contributed by atoms with van der Waals surface area (Å²) in [6, 6.07) is 3.03. The van der Waals surface area contributed by atoms with Crippen LogP contribution in [0.5, 0.6) is 0 Å². The lowest BCUT2D eigenvalue weighted by Crippen LogP contribution is -2.10. The van der Waals surface area contributed by atoms with E-state index in [1.165, 1.54) is 6.07 Å². The standard InChI is InChI=1S/C25H2F10N2OS2/c1-37-7(4-36)10-5-2-8(11-13(26)17(30)21(34)18(31)14(11)27)40-25(5)23(38)6-3-9(39-24(6)10)12-15(28)19(32)22(35)20(33)16(12)29/h2-3H/b10-7-. The molecule has 0 saturated carbocycles. The number of benzene rings is 2. The van der Waals surface area contributed by atoms with E-state index in [0.29, 0.717) is 0 Å². The number of carbonyl (C=O) groups is 1. The minimum absolute atomic E-state index is 0.227. The third-order valence-electron chi connectivity index (χ3n) is 5.78. The normalized spacial score (nSPS) is 13.6. The molecule has 5 rings (SSSR count). The Morgan fingerprint density at radius 2 is 1.02 bits per heavy atom. The molecule has 15 heteroatoms. The molecule has 1 aliphatic carbocycles. The van der Waals surface area contributed by atoms with E-state index in [9.17, 15) is 54.0 Å². The summed E-state index contributed by atoms with van der Waals surface area (Å²) in [6.07, 6.45) is 0. The van der Waals surface area contributed by atoms with E-state index in [1.54, 1.807) is 0 Å². The summed E-state index contributed by atoms with van der Waals surface area (Å²) < 4.78 is 140. The van der Waals surface area contributed by atoms with Crippen LogP contribution in [0.4, 0.5) is 43.9 Å². The van der Waals surface area contributed by atoms with Crippen LogP contribution >= 0.6 is 22.7 Å². The summed E-state index contributed by atoms with van der Waals surface area (Å²) >= 11 is 0.498. The maximum atomic E-state index is 14.5. The van der Waals surface area contributed by atoms with E-state index in [1.807, 2.05) is 0 Å². The molecule has 0 atom stereocenters. The number of ketones is 1. The van der Waals surface area contributed by atoms with Crippen LogP contribution in [0.2, 0.25) is 0 Å². The number of hydrogen-bond acceptors (Lipinski definition) is 4. The van der Waals surface area contributed by atoms with E-state index in [0.717, 1.165) is 12.1 Å². The molecule has 4 aromatic rings. The van der Waals surface area contributed by atoms with Crippen LogP contribution in [0, 0.1) is 76.1 Å². The molecule has 0 amide bonds. The molecule has 0 spiro atoms. The lowest BCUT2D eigenvalue weighted by molar-refractivity contribution is 0.104. The zero-order valence-corrected chi connectivity index (χ0v) is 20.2. The van der Waals surface area contributed by atoms with E-state index >= 15 is 0 Å². The molecule has 0 saturated heterocycles. The molecule has 2 heterocycles. The number of hydrogen-bond donors (Lipinski definition) is 0. The Bertz CT molecular complexity index is 1770. The lowest BCUT2D eigenvalue weighted by atomic mass is 9.90. The summed E-state index contributed by atoms with van der Waals surface area (Å²) in [5.74, 6) is -23.9.